The number of aliphatic imine (C=N–C) groups is 1. The minimum atomic E-state index is -4.59. The van der Waals surface area contributed by atoms with Crippen molar-refractivity contribution in [1.82, 2.24) is 10.3 Å². The lowest BCUT2D eigenvalue weighted by atomic mass is 9.81. The van der Waals surface area contributed by atoms with Crippen LogP contribution in [0.2, 0.25) is 0 Å². The van der Waals surface area contributed by atoms with Crippen LogP contribution >= 0.6 is 0 Å². The number of benzodiazepines with no additional fused rings is 1. The number of hydrogen-bond acceptors (Lipinski definition) is 6. The quantitative estimate of drug-likeness (QED) is 0.247. The van der Waals surface area contributed by atoms with Crippen molar-refractivity contribution in [2.24, 2.45) is 16.6 Å². The maximum Gasteiger partial charge on any atom is 0.389 e. The van der Waals surface area contributed by atoms with Crippen LogP contribution in [0.1, 0.15) is 35.4 Å². The Bertz CT molecular complexity index is 1750. The molecule has 3 atom stereocenters. The van der Waals surface area contributed by atoms with Crippen molar-refractivity contribution in [2.75, 3.05) is 12.0 Å². The molecular formula is C34H30F3N5O4. The van der Waals surface area contributed by atoms with E-state index in [1.54, 1.807) is 84.9 Å². The van der Waals surface area contributed by atoms with Crippen LogP contribution in [0, 0.1) is 5.92 Å². The third kappa shape index (κ3) is 7.06. The first-order valence-corrected chi connectivity index (χ1v) is 14.4. The fourth-order valence-corrected chi connectivity index (χ4v) is 5.41. The van der Waals surface area contributed by atoms with Gasteiger partial charge in [-0.15, -0.1) is 0 Å². The minimum absolute atomic E-state index is 0.181. The standard InChI is InChI=1S/C34H30F3N5O4/c1-46-27-18-10-17-26(39-27)42-25-16-9-8-15-23(25)29(22-13-6-3-7-14-22)40-31(33(42)45)41-32(44)28(21-11-4-2-5-12-21)24(30(38)43)19-20-34(35,36)37/h2-18,24,28,31H,19-20H2,1H3,(H2,38,43)(H,41,44)/t24-,28+,31-/m1/s1. The number of nitrogens with one attached hydrogen (secondary N) is 1. The number of hydrogen-bond donors (Lipinski definition) is 2. The van der Waals surface area contributed by atoms with Crippen molar-refractivity contribution in [3.05, 3.63) is 120 Å². The fourth-order valence-electron chi connectivity index (χ4n) is 5.41. The lowest BCUT2D eigenvalue weighted by Crippen LogP contribution is -2.49. The SMILES string of the molecule is COc1cccc(N2C(=O)[C@@H](NC(=O)[C@@H](c3ccccc3)[C@@H](CCC(F)(F)F)C(N)=O)N=C(c3ccccc3)c3ccccc32)n1. The molecule has 3 aromatic carbocycles. The van der Waals surface area contributed by atoms with E-state index in [1.807, 2.05) is 6.07 Å². The van der Waals surface area contributed by atoms with Crippen molar-refractivity contribution in [3.63, 3.8) is 0 Å². The molecule has 46 heavy (non-hydrogen) atoms. The first-order chi connectivity index (χ1) is 22.1. The predicted octanol–water partition coefficient (Wildman–Crippen LogP) is 5.28. The summed E-state index contributed by atoms with van der Waals surface area (Å²) >= 11 is 0. The van der Waals surface area contributed by atoms with Crippen LogP contribution in [-0.4, -0.2) is 47.9 Å². The molecule has 0 saturated heterocycles. The highest BCUT2D eigenvalue weighted by atomic mass is 19.4. The molecule has 0 spiro atoms. The minimum Gasteiger partial charge on any atom is -0.481 e. The summed E-state index contributed by atoms with van der Waals surface area (Å²) in [5.41, 5.74) is 7.86. The Balaban J connectivity index is 1.63. The molecule has 12 heteroatoms. The maximum absolute atomic E-state index is 14.4. The van der Waals surface area contributed by atoms with Gasteiger partial charge in [0, 0.05) is 23.6 Å². The molecule has 0 bridgehead atoms. The van der Waals surface area contributed by atoms with Crippen LogP contribution in [0.15, 0.2) is 108 Å². The van der Waals surface area contributed by atoms with E-state index in [2.05, 4.69) is 10.3 Å². The molecule has 1 aromatic heterocycles. The van der Waals surface area contributed by atoms with Crippen molar-refractivity contribution in [3.8, 4) is 5.88 Å². The molecule has 236 valence electrons. The monoisotopic (exact) mass is 629 g/mol. The number of nitrogens with zero attached hydrogens (tertiary/aromatic N) is 3. The number of fused-ring (bicyclic) bond motifs is 1. The predicted molar refractivity (Wildman–Crippen MR) is 166 cm³/mol. The second kappa shape index (κ2) is 13.6. The summed E-state index contributed by atoms with van der Waals surface area (Å²) in [5, 5.41) is 2.64. The van der Waals surface area contributed by atoms with Crippen LogP contribution in [0.4, 0.5) is 24.7 Å². The highest BCUT2D eigenvalue weighted by molar-refractivity contribution is 6.21. The number of halogens is 3. The Morgan fingerprint density at radius 2 is 1.59 bits per heavy atom. The summed E-state index contributed by atoms with van der Waals surface area (Å²) in [6.45, 7) is 0. The van der Waals surface area contributed by atoms with Gasteiger partial charge in [-0.1, -0.05) is 84.9 Å². The average Bonchev–Trinajstić information content (AvgIpc) is 3.17. The summed E-state index contributed by atoms with van der Waals surface area (Å²) in [6, 6.07) is 28.7. The van der Waals surface area contributed by atoms with Crippen LogP contribution < -0.4 is 20.7 Å². The summed E-state index contributed by atoms with van der Waals surface area (Å²) < 4.78 is 45.1. The summed E-state index contributed by atoms with van der Waals surface area (Å²) in [5.74, 6) is -5.24. The molecule has 1 aliphatic heterocycles. The zero-order valence-electron chi connectivity index (χ0n) is 24.6. The number of amides is 3. The number of carbonyl (C=O) groups is 3. The number of rotatable bonds is 10. The Kier molecular flexibility index (Phi) is 9.45. The zero-order valence-corrected chi connectivity index (χ0v) is 24.6. The molecule has 2 heterocycles. The van der Waals surface area contributed by atoms with Crippen molar-refractivity contribution < 1.29 is 32.3 Å². The van der Waals surface area contributed by atoms with E-state index >= 15 is 0 Å². The third-order valence-corrected chi connectivity index (χ3v) is 7.53. The number of para-hydroxylation sites is 1. The van der Waals surface area contributed by atoms with Gasteiger partial charge in [0.15, 0.2) is 0 Å². The van der Waals surface area contributed by atoms with E-state index < -0.39 is 54.7 Å². The molecule has 1 aliphatic rings. The van der Waals surface area contributed by atoms with Gasteiger partial charge in [0.2, 0.25) is 23.9 Å². The van der Waals surface area contributed by atoms with Crippen LogP contribution in [0.5, 0.6) is 5.88 Å². The summed E-state index contributed by atoms with van der Waals surface area (Å²) in [6.07, 6.45) is -8.23. The number of alkyl halides is 3. The van der Waals surface area contributed by atoms with Crippen molar-refractivity contribution in [1.29, 1.82) is 0 Å². The molecule has 9 nitrogen and oxygen atoms in total. The number of nitrogens with two attached hydrogens (primary N) is 1. The van der Waals surface area contributed by atoms with E-state index in [4.69, 9.17) is 15.5 Å². The van der Waals surface area contributed by atoms with E-state index in [-0.39, 0.29) is 17.3 Å². The van der Waals surface area contributed by atoms with E-state index in [0.717, 1.165) is 0 Å². The van der Waals surface area contributed by atoms with Gasteiger partial charge in [0.05, 0.1) is 30.3 Å². The third-order valence-electron chi connectivity index (χ3n) is 7.53. The van der Waals surface area contributed by atoms with Gasteiger partial charge in [-0.25, -0.2) is 4.99 Å². The second-order valence-electron chi connectivity index (χ2n) is 10.5. The van der Waals surface area contributed by atoms with E-state index in [1.165, 1.54) is 24.1 Å². The summed E-state index contributed by atoms with van der Waals surface area (Å²) in [4.78, 5) is 51.6. The maximum atomic E-state index is 14.4. The molecule has 3 amide bonds. The smallest absolute Gasteiger partial charge is 0.389 e. The normalized spacial score (nSPS) is 16.0. The molecule has 3 N–H and O–H groups in total. The van der Waals surface area contributed by atoms with Gasteiger partial charge < -0.3 is 15.8 Å². The van der Waals surface area contributed by atoms with Gasteiger partial charge in [0.25, 0.3) is 5.91 Å². The Hall–Kier alpha value is -5.52. The van der Waals surface area contributed by atoms with Crippen molar-refractivity contribution in [2.45, 2.75) is 31.1 Å². The van der Waals surface area contributed by atoms with Crippen LogP contribution in [0.3, 0.4) is 0 Å². The number of ether oxygens (including phenoxy) is 1. The van der Waals surface area contributed by atoms with Gasteiger partial charge in [-0.3, -0.25) is 19.3 Å². The number of pyridine rings is 1. The lowest BCUT2D eigenvalue weighted by Gasteiger charge is -2.28. The van der Waals surface area contributed by atoms with Gasteiger partial charge in [0.1, 0.15) is 5.82 Å². The molecular weight excluding hydrogens is 599 g/mol. The van der Waals surface area contributed by atoms with Crippen LogP contribution in [-0.2, 0) is 14.4 Å². The first kappa shape index (κ1) is 31.9. The number of carbonyl (C=O) groups excluding carboxylic acids is 3. The molecule has 4 aromatic rings. The van der Waals surface area contributed by atoms with Gasteiger partial charge in [-0.05, 0) is 24.1 Å². The Morgan fingerprint density at radius 3 is 2.24 bits per heavy atom. The summed E-state index contributed by atoms with van der Waals surface area (Å²) in [7, 11) is 1.43. The highest BCUT2D eigenvalue weighted by Crippen LogP contribution is 2.36. The molecule has 0 aliphatic carbocycles. The second-order valence-corrected chi connectivity index (χ2v) is 10.5. The number of benzene rings is 3. The fraction of sp³-hybridized carbons (Fsp3) is 0.206. The molecule has 0 saturated carbocycles. The molecule has 5 rings (SSSR count). The Labute approximate surface area is 262 Å². The zero-order chi connectivity index (χ0) is 32.8. The van der Waals surface area contributed by atoms with E-state index in [9.17, 15) is 27.6 Å². The number of methoxy groups -OCH3 is 1. The number of anilines is 2. The number of primary amides is 1. The van der Waals surface area contributed by atoms with E-state index in [0.29, 0.717) is 22.5 Å². The molecule has 0 unspecified atom stereocenters. The largest absolute Gasteiger partial charge is 0.481 e. The average molecular weight is 630 g/mol. The molecule has 0 fully saturated rings. The Morgan fingerprint density at radius 1 is 0.935 bits per heavy atom. The number of aromatic nitrogens is 1. The van der Waals surface area contributed by atoms with Crippen LogP contribution in [0.25, 0.3) is 0 Å². The molecule has 0 radical (unpaired) electrons. The van der Waals surface area contributed by atoms with Gasteiger partial charge >= 0.3 is 6.18 Å². The first-order valence-electron chi connectivity index (χ1n) is 14.4. The highest BCUT2D eigenvalue weighted by Gasteiger charge is 2.41. The van der Waals surface area contributed by atoms with Crippen molar-refractivity contribution >= 4 is 34.9 Å². The lowest BCUT2D eigenvalue weighted by molar-refractivity contribution is -0.143. The van der Waals surface area contributed by atoms with Gasteiger partial charge in [-0.2, -0.15) is 18.2 Å². The topological polar surface area (TPSA) is 127 Å².